The van der Waals surface area contributed by atoms with Crippen LogP contribution in [0.4, 0.5) is 0 Å². The quantitative estimate of drug-likeness (QED) is 0.762. The first kappa shape index (κ1) is 14.5. The second-order valence-electron chi connectivity index (χ2n) is 5.36. The van der Waals surface area contributed by atoms with E-state index in [1.54, 1.807) is 0 Å². The van der Waals surface area contributed by atoms with Crippen molar-refractivity contribution in [1.29, 1.82) is 0 Å². The van der Waals surface area contributed by atoms with Gasteiger partial charge in [-0.15, -0.1) is 0 Å². The van der Waals surface area contributed by atoms with Crippen molar-refractivity contribution in [1.82, 2.24) is 0 Å². The third-order valence-corrected chi connectivity index (χ3v) is 3.79. The predicted octanol–water partition coefficient (Wildman–Crippen LogP) is 4.01. The molecule has 0 fully saturated rings. The number of rotatable bonds is 4. The Morgan fingerprint density at radius 3 is 1.55 bits per heavy atom. The molecule has 0 amide bonds. The van der Waals surface area contributed by atoms with Crippen molar-refractivity contribution in [3.05, 3.63) is 84.4 Å². The molecule has 0 saturated carbocycles. The fourth-order valence-electron chi connectivity index (χ4n) is 2.57. The van der Waals surface area contributed by atoms with Crippen molar-refractivity contribution in [2.45, 2.75) is 6.04 Å². The second kappa shape index (κ2) is 6.56. The first-order chi connectivity index (χ1) is 10.8. The highest BCUT2D eigenvalue weighted by atomic mass is 16.3. The van der Waals surface area contributed by atoms with Crippen molar-refractivity contribution in [3.63, 3.8) is 0 Å². The van der Waals surface area contributed by atoms with Crippen LogP contribution in [-0.4, -0.2) is 11.7 Å². The fourth-order valence-corrected chi connectivity index (χ4v) is 2.57. The predicted molar refractivity (Wildman–Crippen MR) is 91.3 cm³/mol. The molecule has 2 nitrogen and oxygen atoms in total. The van der Waals surface area contributed by atoms with E-state index in [4.69, 9.17) is 5.73 Å². The van der Waals surface area contributed by atoms with Gasteiger partial charge in [0.05, 0.1) is 12.6 Å². The minimum atomic E-state index is -0.369. The highest BCUT2D eigenvalue weighted by Crippen LogP contribution is 2.30. The Morgan fingerprint density at radius 1 is 0.682 bits per heavy atom. The molecule has 110 valence electrons. The lowest BCUT2D eigenvalue weighted by atomic mass is 9.94. The molecule has 0 bridgehead atoms. The van der Waals surface area contributed by atoms with Crippen molar-refractivity contribution < 1.29 is 5.11 Å². The Hall–Kier alpha value is -2.42. The lowest BCUT2D eigenvalue weighted by Crippen LogP contribution is -2.14. The maximum atomic E-state index is 9.39. The molecule has 3 rings (SSSR count). The summed E-state index contributed by atoms with van der Waals surface area (Å²) in [6, 6.07) is 26.3. The van der Waals surface area contributed by atoms with Gasteiger partial charge in [-0.2, -0.15) is 0 Å². The third-order valence-electron chi connectivity index (χ3n) is 3.79. The molecule has 0 saturated heterocycles. The monoisotopic (exact) mass is 289 g/mol. The van der Waals surface area contributed by atoms with Gasteiger partial charge in [0.25, 0.3) is 0 Å². The Kier molecular flexibility index (Phi) is 4.33. The summed E-state index contributed by atoms with van der Waals surface area (Å²) in [7, 11) is 0. The minimum absolute atomic E-state index is 0.0630. The standard InChI is InChI=1S/C20H19NO/c21-20(14-22)19-12-17(15-7-3-1-4-8-15)11-18(13-19)16-9-5-2-6-10-16/h1-13,20,22H,14,21H2/t20-/m1/s1. The van der Waals surface area contributed by atoms with Crippen molar-refractivity contribution in [3.8, 4) is 22.3 Å². The zero-order chi connectivity index (χ0) is 15.4. The SMILES string of the molecule is N[C@H](CO)c1cc(-c2ccccc2)cc(-c2ccccc2)c1. The number of benzene rings is 3. The van der Waals surface area contributed by atoms with E-state index in [1.807, 2.05) is 36.4 Å². The fraction of sp³-hybridized carbons (Fsp3) is 0.100. The average Bonchev–Trinajstić information content (AvgIpc) is 2.62. The largest absolute Gasteiger partial charge is 0.394 e. The molecular formula is C20H19NO. The maximum Gasteiger partial charge on any atom is 0.0624 e. The molecule has 0 aliphatic rings. The molecule has 2 heteroatoms. The summed E-state index contributed by atoms with van der Waals surface area (Å²) < 4.78 is 0. The van der Waals surface area contributed by atoms with E-state index in [0.717, 1.165) is 27.8 Å². The van der Waals surface area contributed by atoms with Gasteiger partial charge in [-0.3, -0.25) is 0 Å². The van der Waals surface area contributed by atoms with E-state index in [9.17, 15) is 5.11 Å². The Bertz CT molecular complexity index is 680. The van der Waals surface area contributed by atoms with Crippen molar-refractivity contribution in [2.24, 2.45) is 5.73 Å². The van der Waals surface area contributed by atoms with Gasteiger partial charge < -0.3 is 10.8 Å². The first-order valence-electron chi connectivity index (χ1n) is 7.40. The molecule has 0 heterocycles. The summed E-state index contributed by atoms with van der Waals surface area (Å²) in [6.45, 7) is -0.0630. The molecule has 0 aliphatic carbocycles. The number of hydrogen-bond donors (Lipinski definition) is 2. The van der Waals surface area contributed by atoms with Crippen LogP contribution in [0.1, 0.15) is 11.6 Å². The zero-order valence-electron chi connectivity index (χ0n) is 12.3. The van der Waals surface area contributed by atoms with Gasteiger partial charge in [0.15, 0.2) is 0 Å². The Morgan fingerprint density at radius 2 is 1.14 bits per heavy atom. The van der Waals surface area contributed by atoms with E-state index < -0.39 is 0 Å². The van der Waals surface area contributed by atoms with E-state index in [-0.39, 0.29) is 12.6 Å². The summed E-state index contributed by atoms with van der Waals surface area (Å²) in [6.07, 6.45) is 0. The lowest BCUT2D eigenvalue weighted by molar-refractivity contribution is 0.268. The number of hydrogen-bond acceptors (Lipinski definition) is 2. The van der Waals surface area contributed by atoms with Gasteiger partial charge in [-0.25, -0.2) is 0 Å². The van der Waals surface area contributed by atoms with Crippen LogP contribution in [0.3, 0.4) is 0 Å². The topological polar surface area (TPSA) is 46.2 Å². The van der Waals surface area contributed by atoms with Crippen LogP contribution in [0.5, 0.6) is 0 Å². The van der Waals surface area contributed by atoms with Crippen LogP contribution >= 0.6 is 0 Å². The van der Waals surface area contributed by atoms with E-state index in [1.165, 1.54) is 0 Å². The molecule has 3 aromatic carbocycles. The summed E-state index contributed by atoms with van der Waals surface area (Å²) in [5.74, 6) is 0. The molecular weight excluding hydrogens is 270 g/mol. The molecule has 0 aromatic heterocycles. The average molecular weight is 289 g/mol. The van der Waals surface area contributed by atoms with E-state index in [2.05, 4.69) is 42.5 Å². The van der Waals surface area contributed by atoms with Crippen LogP contribution in [0.15, 0.2) is 78.9 Å². The third kappa shape index (κ3) is 3.08. The molecule has 3 N–H and O–H groups in total. The molecule has 22 heavy (non-hydrogen) atoms. The zero-order valence-corrected chi connectivity index (χ0v) is 12.3. The van der Waals surface area contributed by atoms with Gasteiger partial charge >= 0.3 is 0 Å². The number of aliphatic hydroxyl groups is 1. The normalized spacial score (nSPS) is 12.1. The van der Waals surface area contributed by atoms with Crippen molar-refractivity contribution >= 4 is 0 Å². The summed E-state index contributed by atoms with van der Waals surface area (Å²) in [4.78, 5) is 0. The lowest BCUT2D eigenvalue weighted by Gasteiger charge is -2.14. The molecule has 0 unspecified atom stereocenters. The van der Waals surface area contributed by atoms with Crippen LogP contribution in [0.25, 0.3) is 22.3 Å². The molecule has 3 aromatic rings. The summed E-state index contributed by atoms with van der Waals surface area (Å²) in [5.41, 5.74) is 11.5. The van der Waals surface area contributed by atoms with Crippen LogP contribution in [-0.2, 0) is 0 Å². The maximum absolute atomic E-state index is 9.39. The van der Waals surface area contributed by atoms with Crippen LogP contribution in [0.2, 0.25) is 0 Å². The van der Waals surface area contributed by atoms with Gasteiger partial charge in [-0.1, -0.05) is 60.7 Å². The summed E-state index contributed by atoms with van der Waals surface area (Å²) in [5, 5.41) is 9.39. The summed E-state index contributed by atoms with van der Waals surface area (Å²) >= 11 is 0. The van der Waals surface area contributed by atoms with E-state index >= 15 is 0 Å². The molecule has 0 aliphatic heterocycles. The number of aliphatic hydroxyl groups excluding tert-OH is 1. The highest BCUT2D eigenvalue weighted by Gasteiger charge is 2.10. The Labute approximate surface area is 130 Å². The van der Waals surface area contributed by atoms with Crippen LogP contribution in [0, 0.1) is 0 Å². The Balaban J connectivity index is 2.14. The molecule has 0 radical (unpaired) electrons. The van der Waals surface area contributed by atoms with Crippen LogP contribution < -0.4 is 5.73 Å². The van der Waals surface area contributed by atoms with Gasteiger partial charge in [0.2, 0.25) is 0 Å². The number of nitrogens with two attached hydrogens (primary N) is 1. The smallest absolute Gasteiger partial charge is 0.0624 e. The van der Waals surface area contributed by atoms with Gasteiger partial charge in [0.1, 0.15) is 0 Å². The highest BCUT2D eigenvalue weighted by molar-refractivity contribution is 5.74. The first-order valence-corrected chi connectivity index (χ1v) is 7.40. The van der Waals surface area contributed by atoms with Gasteiger partial charge in [-0.05, 0) is 46.0 Å². The minimum Gasteiger partial charge on any atom is -0.394 e. The van der Waals surface area contributed by atoms with Crippen molar-refractivity contribution in [2.75, 3.05) is 6.61 Å². The van der Waals surface area contributed by atoms with E-state index in [0.29, 0.717) is 0 Å². The second-order valence-corrected chi connectivity index (χ2v) is 5.36. The molecule has 0 spiro atoms. The van der Waals surface area contributed by atoms with Gasteiger partial charge in [0, 0.05) is 0 Å². The molecule has 1 atom stereocenters.